The molecule has 1 aliphatic carbocycles. The van der Waals surface area contributed by atoms with Crippen LogP contribution in [0.3, 0.4) is 0 Å². The molecule has 0 spiro atoms. The molecule has 0 aromatic carbocycles. The van der Waals surface area contributed by atoms with Crippen LogP contribution >= 0.6 is 11.6 Å². The van der Waals surface area contributed by atoms with E-state index in [0.29, 0.717) is 5.92 Å². The van der Waals surface area contributed by atoms with Crippen molar-refractivity contribution < 1.29 is 0 Å². The Balaban J connectivity index is 3.00. The SMILES string of the molecule is CC(C)(C)C(C)(C)C1/C=C\C=C/C(Cl)/C=C\1. The minimum atomic E-state index is 0.0169. The molecule has 2 unspecified atom stereocenters. The lowest BCUT2D eigenvalue weighted by molar-refractivity contribution is 0.100. The molecule has 0 bridgehead atoms. The fourth-order valence-corrected chi connectivity index (χ4v) is 1.86. The minimum Gasteiger partial charge on any atom is -0.114 e. The highest BCUT2D eigenvalue weighted by Gasteiger charge is 2.37. The van der Waals surface area contributed by atoms with Crippen LogP contribution in [0.25, 0.3) is 0 Å². The maximum absolute atomic E-state index is 6.12. The number of hydrogen-bond acceptors (Lipinski definition) is 0. The number of halogens is 1. The summed E-state index contributed by atoms with van der Waals surface area (Å²) in [5.74, 6) is 0.429. The average Bonchev–Trinajstić information content (AvgIpc) is 2.09. The normalized spacial score (nSPS) is 32.6. The van der Waals surface area contributed by atoms with E-state index in [1.807, 2.05) is 12.2 Å². The third-order valence-corrected chi connectivity index (χ3v) is 4.28. The van der Waals surface area contributed by atoms with Gasteiger partial charge >= 0.3 is 0 Å². The maximum atomic E-state index is 6.12. The fourth-order valence-electron chi connectivity index (χ4n) is 1.69. The molecule has 1 rings (SSSR count). The van der Waals surface area contributed by atoms with Gasteiger partial charge in [0.25, 0.3) is 0 Å². The summed E-state index contributed by atoms with van der Waals surface area (Å²) in [4.78, 5) is 0. The lowest BCUT2D eigenvalue weighted by Crippen LogP contribution is -2.35. The van der Waals surface area contributed by atoms with Crippen LogP contribution in [0.4, 0.5) is 0 Å². The quantitative estimate of drug-likeness (QED) is 0.447. The molecule has 16 heavy (non-hydrogen) atoms. The molecule has 0 N–H and O–H groups in total. The topological polar surface area (TPSA) is 0 Å². The zero-order chi connectivity index (χ0) is 12.4. The molecule has 0 aliphatic heterocycles. The van der Waals surface area contributed by atoms with Crippen molar-refractivity contribution >= 4 is 11.6 Å². The van der Waals surface area contributed by atoms with Crippen LogP contribution in [-0.4, -0.2) is 5.38 Å². The first-order valence-corrected chi connectivity index (χ1v) is 6.36. The molecule has 0 aromatic heterocycles. The van der Waals surface area contributed by atoms with Gasteiger partial charge in [-0.1, -0.05) is 71.1 Å². The fraction of sp³-hybridized carbons (Fsp3) is 0.600. The lowest BCUT2D eigenvalue weighted by atomic mass is 9.62. The summed E-state index contributed by atoms with van der Waals surface area (Å²) in [5.41, 5.74) is 0.471. The van der Waals surface area contributed by atoms with E-state index in [4.69, 9.17) is 11.6 Å². The van der Waals surface area contributed by atoms with Gasteiger partial charge in [-0.25, -0.2) is 0 Å². The number of hydrogen-bond donors (Lipinski definition) is 0. The van der Waals surface area contributed by atoms with Crippen LogP contribution in [0.15, 0.2) is 36.5 Å². The van der Waals surface area contributed by atoms with Crippen LogP contribution in [0, 0.1) is 16.7 Å². The van der Waals surface area contributed by atoms with E-state index < -0.39 is 0 Å². The second kappa shape index (κ2) is 4.79. The molecule has 0 nitrogen and oxygen atoms in total. The molecule has 1 aliphatic rings. The Morgan fingerprint density at radius 2 is 1.38 bits per heavy atom. The van der Waals surface area contributed by atoms with Gasteiger partial charge in [0.1, 0.15) is 0 Å². The second-order valence-corrected chi connectivity index (χ2v) is 6.60. The summed E-state index contributed by atoms with van der Waals surface area (Å²) in [6, 6.07) is 0. The minimum absolute atomic E-state index is 0.0169. The van der Waals surface area contributed by atoms with Gasteiger partial charge in [0.15, 0.2) is 0 Å². The van der Waals surface area contributed by atoms with E-state index in [-0.39, 0.29) is 16.2 Å². The van der Waals surface area contributed by atoms with Gasteiger partial charge in [-0.3, -0.25) is 0 Å². The van der Waals surface area contributed by atoms with Crippen molar-refractivity contribution in [1.82, 2.24) is 0 Å². The summed E-state index contributed by atoms with van der Waals surface area (Å²) in [7, 11) is 0. The largest absolute Gasteiger partial charge is 0.114 e. The van der Waals surface area contributed by atoms with Gasteiger partial charge in [0.2, 0.25) is 0 Å². The Morgan fingerprint density at radius 1 is 0.812 bits per heavy atom. The van der Waals surface area contributed by atoms with E-state index >= 15 is 0 Å². The van der Waals surface area contributed by atoms with Gasteiger partial charge in [-0.05, 0) is 10.8 Å². The second-order valence-electron chi connectivity index (χ2n) is 6.10. The first-order valence-electron chi connectivity index (χ1n) is 5.92. The van der Waals surface area contributed by atoms with Gasteiger partial charge in [0.05, 0.1) is 5.38 Å². The van der Waals surface area contributed by atoms with E-state index in [1.54, 1.807) is 0 Å². The van der Waals surface area contributed by atoms with Crippen LogP contribution in [-0.2, 0) is 0 Å². The van der Waals surface area contributed by atoms with Crippen molar-refractivity contribution in [2.75, 3.05) is 0 Å². The third-order valence-electron chi connectivity index (χ3n) is 3.99. The van der Waals surface area contributed by atoms with Crippen molar-refractivity contribution in [3.05, 3.63) is 36.5 Å². The van der Waals surface area contributed by atoms with E-state index in [9.17, 15) is 0 Å². The van der Waals surface area contributed by atoms with Crippen LogP contribution in [0.1, 0.15) is 34.6 Å². The molecule has 90 valence electrons. The molecule has 0 radical (unpaired) electrons. The summed E-state index contributed by atoms with van der Waals surface area (Å²) >= 11 is 6.12. The number of allylic oxidation sites excluding steroid dienone is 6. The van der Waals surface area contributed by atoms with Crippen molar-refractivity contribution in [3.8, 4) is 0 Å². The molecule has 1 heteroatoms. The molecule has 2 atom stereocenters. The van der Waals surface area contributed by atoms with Crippen molar-refractivity contribution in [2.45, 2.75) is 40.0 Å². The lowest BCUT2D eigenvalue weighted by Gasteiger charge is -2.43. The van der Waals surface area contributed by atoms with Gasteiger partial charge in [0, 0.05) is 5.92 Å². The van der Waals surface area contributed by atoms with E-state index in [1.165, 1.54) is 0 Å². The summed E-state index contributed by atoms with van der Waals surface area (Å²) in [6.07, 6.45) is 12.7. The number of rotatable bonds is 1. The van der Waals surface area contributed by atoms with E-state index in [2.05, 4.69) is 58.9 Å². The number of alkyl halides is 1. The van der Waals surface area contributed by atoms with Crippen molar-refractivity contribution in [2.24, 2.45) is 16.7 Å². The predicted molar refractivity (Wildman–Crippen MR) is 73.8 cm³/mol. The molecule has 0 heterocycles. The first-order chi connectivity index (χ1) is 7.25. The highest BCUT2D eigenvalue weighted by atomic mass is 35.5. The van der Waals surface area contributed by atoms with Crippen LogP contribution < -0.4 is 0 Å². The molecule has 0 aromatic rings. The molecular weight excluding hydrogens is 216 g/mol. The standard InChI is InChI=1S/C15H23Cl/c1-14(2,3)15(4,5)12-8-6-7-9-13(16)11-10-12/h6-13H,1-5H3/b8-6-,9-7-,11-10-. The molecule has 0 saturated carbocycles. The van der Waals surface area contributed by atoms with Gasteiger partial charge in [-0.15, -0.1) is 11.6 Å². The summed E-state index contributed by atoms with van der Waals surface area (Å²) in [5, 5.41) is 0.0169. The highest BCUT2D eigenvalue weighted by molar-refractivity contribution is 6.23. The average molecular weight is 239 g/mol. The Labute approximate surface area is 105 Å². The zero-order valence-electron chi connectivity index (χ0n) is 11.0. The third kappa shape index (κ3) is 3.01. The summed E-state index contributed by atoms with van der Waals surface area (Å²) in [6.45, 7) is 11.5. The van der Waals surface area contributed by atoms with Crippen LogP contribution in [0.2, 0.25) is 0 Å². The molecule has 0 saturated heterocycles. The van der Waals surface area contributed by atoms with Crippen molar-refractivity contribution in [3.63, 3.8) is 0 Å². The highest BCUT2D eigenvalue weighted by Crippen LogP contribution is 2.45. The summed E-state index contributed by atoms with van der Waals surface area (Å²) < 4.78 is 0. The van der Waals surface area contributed by atoms with Crippen LogP contribution in [0.5, 0.6) is 0 Å². The molecule has 0 fully saturated rings. The first kappa shape index (κ1) is 13.6. The predicted octanol–water partition coefficient (Wildman–Crippen LogP) is 4.96. The van der Waals surface area contributed by atoms with E-state index in [0.717, 1.165) is 0 Å². The Kier molecular flexibility index (Phi) is 4.07. The smallest absolute Gasteiger partial charge is 0.0700 e. The van der Waals surface area contributed by atoms with Gasteiger partial charge in [-0.2, -0.15) is 0 Å². The monoisotopic (exact) mass is 238 g/mol. The molecule has 0 amide bonds. The van der Waals surface area contributed by atoms with Crippen molar-refractivity contribution in [1.29, 1.82) is 0 Å². The maximum Gasteiger partial charge on any atom is 0.0700 e. The Morgan fingerprint density at radius 3 is 1.94 bits per heavy atom. The van der Waals surface area contributed by atoms with Gasteiger partial charge < -0.3 is 0 Å². The Hall–Kier alpha value is -0.490. The Bertz CT molecular complexity index is 313. The zero-order valence-corrected chi connectivity index (χ0v) is 11.8. The molecular formula is C15H23Cl.